The van der Waals surface area contributed by atoms with Gasteiger partial charge in [0.2, 0.25) is 0 Å². The van der Waals surface area contributed by atoms with Crippen molar-refractivity contribution in [3.05, 3.63) is 158 Å². The predicted octanol–water partition coefficient (Wildman–Crippen LogP) is 13.2. The van der Waals surface area contributed by atoms with Crippen molar-refractivity contribution in [1.82, 2.24) is 0 Å². The predicted molar refractivity (Wildman–Crippen MR) is 198 cm³/mol. The van der Waals surface area contributed by atoms with Gasteiger partial charge in [0.1, 0.15) is 0 Å². The molecule has 10 rings (SSSR count). The zero-order valence-electron chi connectivity index (χ0n) is 24.4. The fourth-order valence-corrected chi connectivity index (χ4v) is 8.87. The van der Waals surface area contributed by atoms with Gasteiger partial charge in [-0.15, -0.1) is 11.3 Å². The molecule has 0 nitrogen and oxygen atoms in total. The summed E-state index contributed by atoms with van der Waals surface area (Å²) in [6.45, 7) is 0. The van der Waals surface area contributed by atoms with Gasteiger partial charge < -0.3 is 0 Å². The van der Waals surface area contributed by atoms with E-state index in [2.05, 4.69) is 158 Å². The third-order valence-corrected chi connectivity index (χ3v) is 10.8. The lowest BCUT2D eigenvalue weighted by molar-refractivity contribution is 1.67. The largest absolute Gasteiger partial charge is 0.135 e. The Labute approximate surface area is 264 Å². The van der Waals surface area contributed by atoms with Crippen molar-refractivity contribution in [1.29, 1.82) is 0 Å². The normalized spacial score (nSPS) is 12.0. The highest BCUT2D eigenvalue weighted by molar-refractivity contribution is 7.27. The second-order valence-electron chi connectivity index (χ2n) is 12.0. The van der Waals surface area contributed by atoms with Gasteiger partial charge in [-0.05, 0) is 88.9 Å². The summed E-state index contributed by atoms with van der Waals surface area (Å²) in [7, 11) is 0. The number of benzene rings is 9. The summed E-state index contributed by atoms with van der Waals surface area (Å²) in [5.74, 6) is 0. The molecule has 1 aromatic heterocycles. The van der Waals surface area contributed by atoms with Crippen LogP contribution in [0.4, 0.5) is 0 Å². The van der Waals surface area contributed by atoms with Gasteiger partial charge >= 0.3 is 0 Å². The average Bonchev–Trinajstić information content (AvgIpc) is 3.50. The second kappa shape index (κ2) is 9.50. The first-order valence-corrected chi connectivity index (χ1v) is 16.3. The highest BCUT2D eigenvalue weighted by atomic mass is 32.1. The van der Waals surface area contributed by atoms with E-state index in [4.69, 9.17) is 0 Å². The maximum absolute atomic E-state index is 2.43. The van der Waals surface area contributed by atoms with Gasteiger partial charge in [0.05, 0.1) is 0 Å². The van der Waals surface area contributed by atoms with E-state index >= 15 is 0 Å². The van der Waals surface area contributed by atoms with E-state index in [0.717, 1.165) is 0 Å². The van der Waals surface area contributed by atoms with Crippen molar-refractivity contribution >= 4 is 85.4 Å². The molecule has 9 aromatic carbocycles. The third-order valence-electron chi connectivity index (χ3n) is 9.64. The first-order valence-electron chi connectivity index (χ1n) is 15.5. The Hall–Kier alpha value is -5.50. The van der Waals surface area contributed by atoms with Crippen LogP contribution in [0.5, 0.6) is 0 Å². The van der Waals surface area contributed by atoms with Crippen LogP contribution in [-0.4, -0.2) is 0 Å². The van der Waals surface area contributed by atoms with Crippen LogP contribution in [0.3, 0.4) is 0 Å². The zero-order chi connectivity index (χ0) is 29.5. The summed E-state index contributed by atoms with van der Waals surface area (Å²) in [6, 6.07) is 58.4. The first-order chi connectivity index (χ1) is 22.3. The highest BCUT2D eigenvalue weighted by Crippen LogP contribution is 2.46. The summed E-state index contributed by atoms with van der Waals surface area (Å²) in [5.41, 5.74) is 5.08. The summed E-state index contributed by atoms with van der Waals surface area (Å²) in [4.78, 5) is 0. The van der Waals surface area contributed by atoms with Gasteiger partial charge in [-0.3, -0.25) is 0 Å². The molecule has 0 atom stereocenters. The summed E-state index contributed by atoms with van der Waals surface area (Å²) in [6.07, 6.45) is 0. The number of hydrogen-bond acceptors (Lipinski definition) is 1. The van der Waals surface area contributed by atoms with Gasteiger partial charge in [0.25, 0.3) is 0 Å². The fourth-order valence-electron chi connectivity index (χ4n) is 7.64. The van der Waals surface area contributed by atoms with E-state index in [1.807, 2.05) is 11.3 Å². The van der Waals surface area contributed by atoms with Crippen LogP contribution in [0.1, 0.15) is 0 Å². The van der Waals surface area contributed by atoms with Gasteiger partial charge in [-0.2, -0.15) is 0 Å². The van der Waals surface area contributed by atoms with E-state index in [9.17, 15) is 0 Å². The van der Waals surface area contributed by atoms with Crippen LogP contribution in [0.15, 0.2) is 158 Å². The molecule has 208 valence electrons. The van der Waals surface area contributed by atoms with Crippen molar-refractivity contribution in [3.8, 4) is 22.3 Å². The quantitative estimate of drug-likeness (QED) is 0.177. The summed E-state index contributed by atoms with van der Waals surface area (Å²) in [5, 5.41) is 15.8. The molecule has 0 N–H and O–H groups in total. The van der Waals surface area contributed by atoms with Crippen molar-refractivity contribution < 1.29 is 0 Å². The monoisotopic (exact) mass is 586 g/mol. The molecule has 1 heterocycles. The molecule has 0 amide bonds. The molecular weight excluding hydrogens is 561 g/mol. The highest BCUT2D eigenvalue weighted by Gasteiger charge is 2.17. The topological polar surface area (TPSA) is 0 Å². The minimum absolute atomic E-state index is 1.26. The lowest BCUT2D eigenvalue weighted by atomic mass is 9.88. The van der Waals surface area contributed by atoms with Crippen molar-refractivity contribution in [2.75, 3.05) is 0 Å². The summed E-state index contributed by atoms with van der Waals surface area (Å²) < 4.78 is 2.71. The molecular formula is C44H26S. The van der Waals surface area contributed by atoms with Crippen molar-refractivity contribution in [3.63, 3.8) is 0 Å². The lowest BCUT2D eigenvalue weighted by Crippen LogP contribution is -1.88. The first kappa shape index (κ1) is 24.9. The van der Waals surface area contributed by atoms with Crippen LogP contribution in [0, 0.1) is 0 Å². The van der Waals surface area contributed by atoms with Crippen LogP contribution in [0.2, 0.25) is 0 Å². The number of fused-ring (bicyclic) bond motifs is 12. The minimum Gasteiger partial charge on any atom is -0.135 e. The third kappa shape index (κ3) is 3.59. The number of hydrogen-bond donors (Lipinski definition) is 0. The number of rotatable bonds is 2. The van der Waals surface area contributed by atoms with E-state index < -0.39 is 0 Å². The van der Waals surface area contributed by atoms with Crippen molar-refractivity contribution in [2.45, 2.75) is 0 Å². The lowest BCUT2D eigenvalue weighted by Gasteiger charge is -2.15. The molecule has 0 spiro atoms. The Morgan fingerprint density at radius 2 is 0.822 bits per heavy atom. The van der Waals surface area contributed by atoms with E-state index in [-0.39, 0.29) is 0 Å². The number of thiophene rings is 1. The molecule has 10 aromatic rings. The standard InChI is InChI=1S/C44H26S/c1-2-12-29-27(11-1)25-40(36-18-6-4-13-31(29)36)37-23-22-30(32-14-3-5-15-33(32)37)28-21-24-42-41(26-28)43-38-19-9-7-16-34(38)35-17-8-10-20-39(35)44(43)45-42/h1-26H. The molecule has 0 aliphatic carbocycles. The van der Waals surface area contributed by atoms with Gasteiger partial charge in [-0.25, -0.2) is 0 Å². The van der Waals surface area contributed by atoms with Crippen molar-refractivity contribution in [2.24, 2.45) is 0 Å². The zero-order valence-corrected chi connectivity index (χ0v) is 25.2. The molecule has 0 aliphatic heterocycles. The fraction of sp³-hybridized carbons (Fsp3) is 0. The van der Waals surface area contributed by atoms with Crippen LogP contribution in [-0.2, 0) is 0 Å². The van der Waals surface area contributed by atoms with Crippen LogP contribution < -0.4 is 0 Å². The molecule has 0 radical (unpaired) electrons. The molecule has 0 saturated carbocycles. The summed E-state index contributed by atoms with van der Waals surface area (Å²) >= 11 is 1.92. The smallest absolute Gasteiger partial charge is 0.0440 e. The molecule has 1 heteroatoms. The molecule has 0 unspecified atom stereocenters. The second-order valence-corrected chi connectivity index (χ2v) is 13.1. The van der Waals surface area contributed by atoms with Crippen LogP contribution in [0.25, 0.3) is 96.3 Å². The van der Waals surface area contributed by atoms with Gasteiger partial charge in [0.15, 0.2) is 0 Å². The van der Waals surface area contributed by atoms with E-state index in [1.54, 1.807) is 0 Å². The molecule has 0 fully saturated rings. The molecule has 0 bridgehead atoms. The maximum atomic E-state index is 2.43. The Balaban J connectivity index is 1.24. The van der Waals surface area contributed by atoms with E-state index in [0.29, 0.717) is 0 Å². The Kier molecular flexibility index (Phi) is 5.25. The average molecular weight is 587 g/mol. The Bertz CT molecular complexity index is 2820. The Morgan fingerprint density at radius 3 is 1.56 bits per heavy atom. The van der Waals surface area contributed by atoms with Gasteiger partial charge in [-0.1, -0.05) is 140 Å². The maximum Gasteiger partial charge on any atom is 0.0440 e. The Morgan fingerprint density at radius 1 is 0.311 bits per heavy atom. The minimum atomic E-state index is 1.26. The molecule has 0 saturated heterocycles. The van der Waals surface area contributed by atoms with Crippen LogP contribution >= 0.6 is 11.3 Å². The SMILES string of the molecule is c1ccc2c(c1)cc(-c1ccc(-c3ccc4sc5c6ccccc6c6ccccc6c5c4c3)c3ccccc13)c1ccccc12. The van der Waals surface area contributed by atoms with E-state index in [1.165, 1.54) is 96.3 Å². The molecule has 0 aliphatic rings. The van der Waals surface area contributed by atoms with Gasteiger partial charge in [0, 0.05) is 25.6 Å². The molecule has 45 heavy (non-hydrogen) atoms.